The molecule has 0 aliphatic carbocycles. The average molecular weight is 426 g/mol. The van der Waals surface area contributed by atoms with Crippen LogP contribution in [0.5, 0.6) is 0 Å². The van der Waals surface area contributed by atoms with Crippen LogP contribution in [0.15, 0.2) is 30.5 Å². The van der Waals surface area contributed by atoms with Gasteiger partial charge in [0.2, 0.25) is 0 Å². The largest absolute Gasteiger partial charge is 0.379 e. The van der Waals surface area contributed by atoms with Gasteiger partial charge in [0.05, 0.1) is 19.4 Å². The lowest BCUT2D eigenvalue weighted by molar-refractivity contribution is 0.0374. The third kappa shape index (κ3) is 4.91. The van der Waals surface area contributed by atoms with Gasteiger partial charge in [-0.25, -0.2) is 13.9 Å². The van der Waals surface area contributed by atoms with E-state index in [0.717, 1.165) is 61.8 Å². The number of hydrogen-bond donors (Lipinski definition) is 1. The number of morpholine rings is 1. The summed E-state index contributed by atoms with van der Waals surface area (Å²) in [5, 5.41) is 7.40. The van der Waals surface area contributed by atoms with Gasteiger partial charge in [-0.1, -0.05) is 12.1 Å². The first-order valence-electron chi connectivity index (χ1n) is 10.7. The number of fused-ring (bicyclic) bond motifs is 1. The summed E-state index contributed by atoms with van der Waals surface area (Å²) >= 11 is 0. The number of rotatable bonds is 7. The molecule has 1 fully saturated rings. The second-order valence-electron chi connectivity index (χ2n) is 7.92. The van der Waals surface area contributed by atoms with Gasteiger partial charge < -0.3 is 10.1 Å². The molecule has 1 saturated heterocycles. The van der Waals surface area contributed by atoms with Crippen LogP contribution in [0.1, 0.15) is 39.3 Å². The van der Waals surface area contributed by atoms with E-state index in [1.165, 1.54) is 12.1 Å². The van der Waals surface area contributed by atoms with Crippen LogP contribution in [-0.4, -0.2) is 64.8 Å². The summed E-state index contributed by atoms with van der Waals surface area (Å²) in [5.41, 5.74) is 4.84. The molecule has 2 aromatic heterocycles. The molecule has 0 atom stereocenters. The Hall–Kier alpha value is -2.84. The highest BCUT2D eigenvalue weighted by atomic mass is 19.1. The topological polar surface area (TPSA) is 71.8 Å². The number of nitrogens with one attached hydrogen (secondary N) is 1. The van der Waals surface area contributed by atoms with Gasteiger partial charge in [-0.05, 0) is 50.1 Å². The number of benzene rings is 1. The van der Waals surface area contributed by atoms with Crippen LogP contribution in [0, 0.1) is 19.7 Å². The van der Waals surface area contributed by atoms with Crippen molar-refractivity contribution >= 4 is 11.6 Å². The molecule has 3 aromatic rings. The highest BCUT2D eigenvalue weighted by Gasteiger charge is 2.18. The van der Waals surface area contributed by atoms with Gasteiger partial charge in [0.25, 0.3) is 5.91 Å². The molecule has 4 rings (SSSR count). The zero-order valence-corrected chi connectivity index (χ0v) is 18.0. The first-order chi connectivity index (χ1) is 15.0. The van der Waals surface area contributed by atoms with E-state index in [1.807, 2.05) is 13.8 Å². The Morgan fingerprint density at radius 2 is 1.94 bits per heavy atom. The van der Waals surface area contributed by atoms with Gasteiger partial charge in [0, 0.05) is 37.4 Å². The molecule has 7 nitrogen and oxygen atoms in total. The predicted molar refractivity (Wildman–Crippen MR) is 116 cm³/mol. The fourth-order valence-corrected chi connectivity index (χ4v) is 3.96. The summed E-state index contributed by atoms with van der Waals surface area (Å²) in [7, 11) is 0. The number of halogens is 1. The first kappa shape index (κ1) is 21.4. The van der Waals surface area contributed by atoms with Crippen molar-refractivity contribution < 1.29 is 13.9 Å². The molecule has 0 radical (unpaired) electrons. The quantitative estimate of drug-likeness (QED) is 0.589. The Morgan fingerprint density at radius 3 is 2.68 bits per heavy atom. The number of nitrogens with zero attached hydrogens (tertiary/aromatic N) is 4. The van der Waals surface area contributed by atoms with Crippen molar-refractivity contribution in [3.05, 3.63) is 64.4 Å². The van der Waals surface area contributed by atoms with Gasteiger partial charge in [-0.3, -0.25) is 9.69 Å². The molecular formula is C23H28FN5O2. The van der Waals surface area contributed by atoms with Gasteiger partial charge in [-0.15, -0.1) is 0 Å². The smallest absolute Gasteiger partial charge is 0.256 e. The van der Waals surface area contributed by atoms with E-state index in [2.05, 4.69) is 20.3 Å². The van der Waals surface area contributed by atoms with Gasteiger partial charge in [0.1, 0.15) is 11.4 Å². The minimum Gasteiger partial charge on any atom is -0.379 e. The van der Waals surface area contributed by atoms with Gasteiger partial charge >= 0.3 is 0 Å². The van der Waals surface area contributed by atoms with Crippen LogP contribution in [0.25, 0.3) is 5.65 Å². The van der Waals surface area contributed by atoms with Crippen LogP contribution in [0.2, 0.25) is 0 Å². The van der Waals surface area contributed by atoms with Gasteiger partial charge in [-0.2, -0.15) is 5.10 Å². The maximum absolute atomic E-state index is 13.2. The molecule has 1 aliphatic heterocycles. The molecule has 1 N–H and O–H groups in total. The summed E-state index contributed by atoms with van der Waals surface area (Å²) in [6, 6.07) is 6.47. The predicted octanol–water partition coefficient (Wildman–Crippen LogP) is 2.53. The minimum absolute atomic E-state index is 0.158. The summed E-state index contributed by atoms with van der Waals surface area (Å²) in [6.07, 6.45) is 3.09. The monoisotopic (exact) mass is 425 g/mol. The summed E-state index contributed by atoms with van der Waals surface area (Å²) < 4.78 is 20.3. The molecule has 1 amide bonds. The molecule has 1 aromatic carbocycles. The molecule has 3 heterocycles. The lowest BCUT2D eigenvalue weighted by Crippen LogP contribution is -2.38. The van der Waals surface area contributed by atoms with Crippen LogP contribution < -0.4 is 5.32 Å². The number of aryl methyl sites for hydroxylation is 2. The van der Waals surface area contributed by atoms with Gasteiger partial charge in [0.15, 0.2) is 5.65 Å². The van der Waals surface area contributed by atoms with Crippen LogP contribution in [0.4, 0.5) is 4.39 Å². The van der Waals surface area contributed by atoms with Crippen molar-refractivity contribution in [2.75, 3.05) is 39.4 Å². The number of carbonyl (C=O) groups is 1. The normalized spacial score (nSPS) is 14.8. The highest BCUT2D eigenvalue weighted by Crippen LogP contribution is 2.20. The lowest BCUT2D eigenvalue weighted by Gasteiger charge is -2.26. The maximum atomic E-state index is 13.2. The second-order valence-corrected chi connectivity index (χ2v) is 7.92. The van der Waals surface area contributed by atoms with Crippen molar-refractivity contribution in [3.63, 3.8) is 0 Å². The van der Waals surface area contributed by atoms with E-state index in [0.29, 0.717) is 24.2 Å². The fraction of sp³-hybridized carbons (Fsp3) is 0.435. The van der Waals surface area contributed by atoms with Crippen LogP contribution in [-0.2, 0) is 11.2 Å². The second kappa shape index (κ2) is 9.53. The third-order valence-electron chi connectivity index (χ3n) is 5.79. The molecule has 0 bridgehead atoms. The van der Waals surface area contributed by atoms with E-state index >= 15 is 0 Å². The van der Waals surface area contributed by atoms with Crippen molar-refractivity contribution in [2.24, 2.45) is 0 Å². The van der Waals surface area contributed by atoms with Crippen molar-refractivity contribution in [2.45, 2.75) is 26.7 Å². The summed E-state index contributed by atoms with van der Waals surface area (Å²) in [4.78, 5) is 19.8. The summed E-state index contributed by atoms with van der Waals surface area (Å²) in [6.45, 7) is 8.91. The highest BCUT2D eigenvalue weighted by molar-refractivity contribution is 5.99. The van der Waals surface area contributed by atoms with Crippen LogP contribution in [0.3, 0.4) is 0 Å². The molecule has 0 unspecified atom stereocenters. The molecule has 0 saturated carbocycles. The maximum Gasteiger partial charge on any atom is 0.256 e. The van der Waals surface area contributed by atoms with Crippen molar-refractivity contribution in [1.82, 2.24) is 24.8 Å². The van der Waals surface area contributed by atoms with E-state index < -0.39 is 0 Å². The van der Waals surface area contributed by atoms with Crippen molar-refractivity contribution in [3.8, 4) is 0 Å². The zero-order valence-electron chi connectivity index (χ0n) is 18.0. The number of amides is 1. The van der Waals surface area contributed by atoms with Crippen molar-refractivity contribution in [1.29, 1.82) is 0 Å². The van der Waals surface area contributed by atoms with E-state index in [4.69, 9.17) is 4.74 Å². The molecule has 1 aliphatic rings. The van der Waals surface area contributed by atoms with Crippen LogP contribution >= 0.6 is 0 Å². The standard InChI is InChI=1S/C23H28FN5O2/c1-16-20(14-18-4-6-19(24)7-5-18)17(2)29-22(27-16)21(15-26-29)23(30)25-8-3-9-28-10-12-31-13-11-28/h4-7,15H,3,8-14H2,1-2H3,(H,25,30). The SMILES string of the molecule is Cc1nc2c(C(=O)NCCCN3CCOCC3)cnn2c(C)c1Cc1ccc(F)cc1. The number of carbonyl (C=O) groups excluding carboxylic acids is 1. The first-order valence-corrected chi connectivity index (χ1v) is 10.7. The minimum atomic E-state index is -0.251. The Bertz CT molecular complexity index is 1060. The average Bonchev–Trinajstić information content (AvgIpc) is 3.20. The molecule has 164 valence electrons. The zero-order chi connectivity index (χ0) is 21.8. The Morgan fingerprint density at radius 1 is 1.19 bits per heavy atom. The Kier molecular flexibility index (Phi) is 6.58. The number of aromatic nitrogens is 3. The Balaban J connectivity index is 1.44. The van der Waals surface area contributed by atoms with E-state index in [1.54, 1.807) is 22.8 Å². The molecule has 0 spiro atoms. The number of ether oxygens (including phenoxy) is 1. The third-order valence-corrected chi connectivity index (χ3v) is 5.79. The molecule has 8 heteroatoms. The fourth-order valence-electron chi connectivity index (χ4n) is 3.96. The molecular weight excluding hydrogens is 397 g/mol. The number of hydrogen-bond acceptors (Lipinski definition) is 5. The lowest BCUT2D eigenvalue weighted by atomic mass is 10.0. The summed E-state index contributed by atoms with van der Waals surface area (Å²) in [5.74, 6) is -0.409. The molecule has 31 heavy (non-hydrogen) atoms. The Labute approximate surface area is 181 Å². The van der Waals surface area contributed by atoms with E-state index in [-0.39, 0.29) is 11.7 Å². The van der Waals surface area contributed by atoms with E-state index in [9.17, 15) is 9.18 Å².